The Bertz CT molecular complexity index is 791. The lowest BCUT2D eigenvalue weighted by molar-refractivity contribution is -0.169. The van der Waals surface area contributed by atoms with Crippen molar-refractivity contribution in [3.8, 4) is 11.4 Å². The Balaban J connectivity index is 1.41. The molecule has 0 radical (unpaired) electrons. The molecule has 1 aromatic carbocycles. The van der Waals surface area contributed by atoms with E-state index in [1.807, 2.05) is 18.2 Å². The Morgan fingerprint density at radius 1 is 0.964 bits per heavy atom. The van der Waals surface area contributed by atoms with E-state index in [4.69, 9.17) is 19.4 Å². The molecule has 6 heteroatoms. The fourth-order valence-corrected chi connectivity index (χ4v) is 4.53. The third kappa shape index (κ3) is 3.71. The zero-order valence-electron chi connectivity index (χ0n) is 16.3. The van der Waals surface area contributed by atoms with Gasteiger partial charge in [0.2, 0.25) is 0 Å². The number of aromatic nitrogens is 2. The predicted octanol–water partition coefficient (Wildman–Crippen LogP) is 3.84. The Morgan fingerprint density at radius 3 is 2.39 bits per heavy atom. The summed E-state index contributed by atoms with van der Waals surface area (Å²) >= 11 is 0. The first kappa shape index (κ1) is 17.9. The highest BCUT2D eigenvalue weighted by Crippen LogP contribution is 2.34. The number of hydrogen-bond donors (Lipinski definition) is 1. The van der Waals surface area contributed by atoms with Crippen molar-refractivity contribution < 1.29 is 9.47 Å². The average molecular weight is 380 g/mol. The predicted molar refractivity (Wildman–Crippen MR) is 109 cm³/mol. The molecule has 3 aliphatic rings. The van der Waals surface area contributed by atoms with Gasteiger partial charge in [0.05, 0.1) is 13.2 Å². The molecule has 6 nitrogen and oxygen atoms in total. The lowest BCUT2D eigenvalue weighted by Gasteiger charge is -2.38. The SMILES string of the molecule is c1ccc(-c2nc(NC3CCCC3)cc(N3CCC4(CC3)OCCO4)n2)cc1. The number of nitrogens with one attached hydrogen (secondary N) is 1. The van der Waals surface area contributed by atoms with Crippen LogP contribution in [0.15, 0.2) is 36.4 Å². The van der Waals surface area contributed by atoms with Gasteiger partial charge in [0.15, 0.2) is 11.6 Å². The highest BCUT2D eigenvalue weighted by molar-refractivity contribution is 5.62. The Kier molecular flexibility index (Phi) is 4.91. The first-order valence-electron chi connectivity index (χ1n) is 10.5. The Morgan fingerprint density at radius 2 is 1.68 bits per heavy atom. The van der Waals surface area contributed by atoms with Gasteiger partial charge in [-0.3, -0.25) is 0 Å². The normalized spacial score (nSPS) is 22.1. The van der Waals surface area contributed by atoms with Crippen LogP contribution in [0.1, 0.15) is 38.5 Å². The standard InChI is InChI=1S/C22H28N4O2/c1-2-6-17(7-3-1)21-24-19(23-18-8-4-5-9-18)16-20(25-21)26-12-10-22(11-13-26)27-14-15-28-22/h1-3,6-7,16,18H,4-5,8-15H2,(H,23,24,25). The molecule has 3 heterocycles. The summed E-state index contributed by atoms with van der Waals surface area (Å²) < 4.78 is 11.8. The number of piperidine rings is 1. The molecule has 1 aromatic heterocycles. The van der Waals surface area contributed by atoms with Crippen molar-refractivity contribution in [3.05, 3.63) is 36.4 Å². The number of rotatable bonds is 4. The molecular weight excluding hydrogens is 352 g/mol. The molecular formula is C22H28N4O2. The van der Waals surface area contributed by atoms with Gasteiger partial charge < -0.3 is 19.7 Å². The average Bonchev–Trinajstić information content (AvgIpc) is 3.42. The molecule has 1 aliphatic carbocycles. The van der Waals surface area contributed by atoms with Crippen molar-refractivity contribution >= 4 is 11.6 Å². The first-order valence-corrected chi connectivity index (χ1v) is 10.5. The molecule has 28 heavy (non-hydrogen) atoms. The van der Waals surface area contributed by atoms with Crippen LogP contribution in [0.5, 0.6) is 0 Å². The maximum absolute atomic E-state index is 5.88. The number of ether oxygens (including phenoxy) is 2. The summed E-state index contributed by atoms with van der Waals surface area (Å²) in [5, 5.41) is 3.65. The van der Waals surface area contributed by atoms with Crippen LogP contribution in [0.25, 0.3) is 11.4 Å². The smallest absolute Gasteiger partial charge is 0.171 e. The largest absolute Gasteiger partial charge is 0.367 e. The van der Waals surface area contributed by atoms with Crippen LogP contribution in [0.2, 0.25) is 0 Å². The van der Waals surface area contributed by atoms with Crippen LogP contribution in [-0.2, 0) is 9.47 Å². The van der Waals surface area contributed by atoms with Crippen molar-refractivity contribution in [3.63, 3.8) is 0 Å². The zero-order chi connectivity index (χ0) is 18.8. The molecule has 1 N–H and O–H groups in total. The van der Waals surface area contributed by atoms with E-state index in [2.05, 4.69) is 28.4 Å². The summed E-state index contributed by atoms with van der Waals surface area (Å²) in [6.07, 6.45) is 6.80. The van der Waals surface area contributed by atoms with E-state index in [1.165, 1.54) is 25.7 Å². The first-order chi connectivity index (χ1) is 13.8. The van der Waals surface area contributed by atoms with E-state index in [0.29, 0.717) is 19.3 Å². The van der Waals surface area contributed by atoms with E-state index in [9.17, 15) is 0 Å². The quantitative estimate of drug-likeness (QED) is 0.870. The lowest BCUT2D eigenvalue weighted by Crippen LogP contribution is -2.45. The molecule has 1 saturated carbocycles. The van der Waals surface area contributed by atoms with Crippen molar-refractivity contribution in [2.24, 2.45) is 0 Å². The second-order valence-corrected chi connectivity index (χ2v) is 8.02. The number of nitrogens with zero attached hydrogens (tertiary/aromatic N) is 3. The van der Waals surface area contributed by atoms with Crippen molar-refractivity contribution in [1.82, 2.24) is 9.97 Å². The minimum Gasteiger partial charge on any atom is -0.367 e. The summed E-state index contributed by atoms with van der Waals surface area (Å²) in [7, 11) is 0. The van der Waals surface area contributed by atoms with Gasteiger partial charge in [-0.1, -0.05) is 43.2 Å². The molecule has 2 aliphatic heterocycles. The van der Waals surface area contributed by atoms with Gasteiger partial charge in [-0.15, -0.1) is 0 Å². The summed E-state index contributed by atoms with van der Waals surface area (Å²) in [5.74, 6) is 2.34. The summed E-state index contributed by atoms with van der Waals surface area (Å²) in [4.78, 5) is 12.1. The van der Waals surface area contributed by atoms with E-state index in [0.717, 1.165) is 49.0 Å². The molecule has 1 spiro atoms. The summed E-state index contributed by atoms with van der Waals surface area (Å²) in [5.41, 5.74) is 1.05. The summed E-state index contributed by atoms with van der Waals surface area (Å²) in [6.45, 7) is 3.18. The third-order valence-electron chi connectivity index (χ3n) is 6.11. The monoisotopic (exact) mass is 380 g/mol. The highest BCUT2D eigenvalue weighted by Gasteiger charge is 2.40. The van der Waals surface area contributed by atoms with Gasteiger partial charge in [0, 0.05) is 43.6 Å². The van der Waals surface area contributed by atoms with Crippen molar-refractivity contribution in [2.45, 2.75) is 50.4 Å². The second kappa shape index (κ2) is 7.68. The Labute approximate surface area is 166 Å². The Hall–Kier alpha value is -2.18. The van der Waals surface area contributed by atoms with E-state index >= 15 is 0 Å². The molecule has 5 rings (SSSR count). The van der Waals surface area contributed by atoms with E-state index in [-0.39, 0.29) is 5.79 Å². The van der Waals surface area contributed by atoms with Crippen LogP contribution in [-0.4, -0.2) is 48.1 Å². The lowest BCUT2D eigenvalue weighted by atomic mass is 10.0. The third-order valence-corrected chi connectivity index (χ3v) is 6.11. The van der Waals surface area contributed by atoms with Gasteiger partial charge in [0.1, 0.15) is 11.6 Å². The fourth-order valence-electron chi connectivity index (χ4n) is 4.53. The number of anilines is 2. The van der Waals surface area contributed by atoms with Gasteiger partial charge in [-0.2, -0.15) is 0 Å². The van der Waals surface area contributed by atoms with Crippen LogP contribution < -0.4 is 10.2 Å². The number of hydrogen-bond acceptors (Lipinski definition) is 6. The highest BCUT2D eigenvalue weighted by atomic mass is 16.7. The van der Waals surface area contributed by atoms with Gasteiger partial charge in [-0.25, -0.2) is 9.97 Å². The maximum Gasteiger partial charge on any atom is 0.171 e. The molecule has 0 amide bonds. The van der Waals surface area contributed by atoms with Crippen LogP contribution in [0.4, 0.5) is 11.6 Å². The summed E-state index contributed by atoms with van der Waals surface area (Å²) in [6, 6.07) is 12.9. The van der Waals surface area contributed by atoms with E-state index < -0.39 is 0 Å². The van der Waals surface area contributed by atoms with Crippen LogP contribution in [0.3, 0.4) is 0 Å². The molecule has 0 atom stereocenters. The second-order valence-electron chi connectivity index (χ2n) is 8.02. The van der Waals surface area contributed by atoms with Gasteiger partial charge in [-0.05, 0) is 12.8 Å². The maximum atomic E-state index is 5.88. The fraction of sp³-hybridized carbons (Fsp3) is 0.545. The molecule has 0 unspecified atom stereocenters. The minimum atomic E-state index is -0.364. The van der Waals surface area contributed by atoms with Gasteiger partial charge in [0.25, 0.3) is 0 Å². The van der Waals surface area contributed by atoms with Crippen LogP contribution >= 0.6 is 0 Å². The zero-order valence-corrected chi connectivity index (χ0v) is 16.3. The number of benzene rings is 1. The van der Waals surface area contributed by atoms with Crippen molar-refractivity contribution in [1.29, 1.82) is 0 Å². The topological polar surface area (TPSA) is 59.5 Å². The minimum absolute atomic E-state index is 0.364. The van der Waals surface area contributed by atoms with Crippen molar-refractivity contribution in [2.75, 3.05) is 36.5 Å². The van der Waals surface area contributed by atoms with E-state index in [1.54, 1.807) is 0 Å². The van der Waals surface area contributed by atoms with Crippen LogP contribution in [0, 0.1) is 0 Å². The molecule has 148 valence electrons. The van der Waals surface area contributed by atoms with Gasteiger partial charge >= 0.3 is 0 Å². The molecule has 2 saturated heterocycles. The molecule has 0 bridgehead atoms. The molecule has 3 fully saturated rings. The molecule has 2 aromatic rings.